The van der Waals surface area contributed by atoms with Gasteiger partial charge in [-0.1, -0.05) is 103 Å². The molecule has 4 heterocycles. The van der Waals surface area contributed by atoms with Crippen molar-refractivity contribution in [2.45, 2.75) is 0 Å². The van der Waals surface area contributed by atoms with Crippen LogP contribution in [0.5, 0.6) is 0 Å². The number of nitrogens with zero attached hydrogens (tertiary/aromatic N) is 4. The fourth-order valence-electron chi connectivity index (χ4n) is 9.10. The molecule has 8 aromatic carbocycles. The first kappa shape index (κ1) is 30.4. The van der Waals surface area contributed by atoms with Crippen LogP contribution in [0.2, 0.25) is 0 Å². The molecule has 0 aliphatic rings. The van der Waals surface area contributed by atoms with Crippen LogP contribution in [0, 0.1) is 17.9 Å². The van der Waals surface area contributed by atoms with Crippen molar-refractivity contribution in [3.63, 3.8) is 0 Å². The highest BCUT2D eigenvalue weighted by Crippen LogP contribution is 2.49. The van der Waals surface area contributed by atoms with Gasteiger partial charge in [-0.15, -0.1) is 0 Å². The van der Waals surface area contributed by atoms with E-state index in [-0.39, 0.29) is 0 Å². The molecule has 0 bridgehead atoms. The van der Waals surface area contributed by atoms with Gasteiger partial charge in [0.25, 0.3) is 0 Å². The zero-order valence-electron chi connectivity index (χ0n) is 29.6. The molecule has 6 heteroatoms. The Morgan fingerprint density at radius 2 is 0.964 bits per heavy atom. The van der Waals surface area contributed by atoms with Crippen LogP contribution in [0.1, 0.15) is 5.56 Å². The van der Waals surface area contributed by atoms with Crippen molar-refractivity contribution in [1.82, 2.24) is 9.13 Å². The number of rotatable bonds is 3. The number of furan rings is 2. The molecule has 0 N–H and O–H groups in total. The third-order valence-electron chi connectivity index (χ3n) is 11.4. The summed E-state index contributed by atoms with van der Waals surface area (Å²) in [5.74, 6) is 0. The van der Waals surface area contributed by atoms with E-state index in [4.69, 9.17) is 15.4 Å². The first-order valence-electron chi connectivity index (χ1n) is 18.4. The Bertz CT molecular complexity index is 3730. The Morgan fingerprint density at radius 3 is 1.50 bits per heavy atom. The summed E-state index contributed by atoms with van der Waals surface area (Å²) in [4.78, 5) is 4.21. The van der Waals surface area contributed by atoms with Crippen LogP contribution in [-0.4, -0.2) is 9.13 Å². The predicted octanol–water partition coefficient (Wildman–Crippen LogP) is 13.8. The van der Waals surface area contributed by atoms with Crippen molar-refractivity contribution >= 4 is 93.2 Å². The minimum absolute atomic E-state index is 0.360. The van der Waals surface area contributed by atoms with Crippen molar-refractivity contribution in [3.8, 4) is 28.6 Å². The largest absolute Gasteiger partial charge is 0.455 e. The van der Waals surface area contributed by atoms with E-state index < -0.39 is 0 Å². The van der Waals surface area contributed by atoms with Crippen LogP contribution in [0.25, 0.3) is 115 Å². The normalized spacial score (nSPS) is 11.9. The molecular weight excluding hydrogens is 689 g/mol. The molecule has 0 saturated carbocycles. The van der Waals surface area contributed by atoms with E-state index in [0.717, 1.165) is 104 Å². The van der Waals surface area contributed by atoms with Gasteiger partial charge in [-0.05, 0) is 60.2 Å². The molecule has 4 aromatic heterocycles. The number of nitriles is 1. The zero-order valence-corrected chi connectivity index (χ0v) is 29.6. The number of hydrogen-bond donors (Lipinski definition) is 0. The summed E-state index contributed by atoms with van der Waals surface area (Å²) < 4.78 is 17.8. The number of para-hydroxylation sites is 4. The summed E-state index contributed by atoms with van der Waals surface area (Å²) in [6, 6.07) is 55.7. The van der Waals surface area contributed by atoms with Gasteiger partial charge < -0.3 is 18.0 Å². The van der Waals surface area contributed by atoms with E-state index in [9.17, 15) is 5.26 Å². The Labute approximate surface area is 318 Å². The highest BCUT2D eigenvalue weighted by molar-refractivity contribution is 6.26. The Morgan fingerprint density at radius 1 is 0.482 bits per heavy atom. The van der Waals surface area contributed by atoms with Crippen LogP contribution >= 0.6 is 0 Å². The van der Waals surface area contributed by atoms with Crippen LogP contribution in [0.3, 0.4) is 0 Å². The number of aromatic nitrogens is 2. The lowest BCUT2D eigenvalue weighted by molar-refractivity contribution is 0.672. The Kier molecular flexibility index (Phi) is 6.10. The maximum atomic E-state index is 10.9. The fraction of sp³-hybridized carbons (Fsp3) is 0. The summed E-state index contributed by atoms with van der Waals surface area (Å²) in [6.45, 7) is 8.73. The molecule has 56 heavy (non-hydrogen) atoms. The standard InChI is InChI=1S/C50H26N4O2/c1-52-37-27-30(28-51)44(29-13-3-2-4-14-29)48(54-39-20-10-6-18-36(39)46-41(54)26-24-34-32-16-8-12-22-43(32)56-50(34)46)47(37)53-38-19-9-5-17-35(38)45-40(53)25-23-33-31-15-7-11-21-42(31)55-49(33)45/h2-27H. The van der Waals surface area contributed by atoms with Crippen LogP contribution in [0.15, 0.2) is 167 Å². The summed E-state index contributed by atoms with van der Waals surface area (Å²) >= 11 is 0. The van der Waals surface area contributed by atoms with Gasteiger partial charge in [0.15, 0.2) is 0 Å². The smallest absolute Gasteiger partial charge is 0.214 e. The van der Waals surface area contributed by atoms with Crippen LogP contribution < -0.4 is 0 Å². The molecule has 0 aliphatic heterocycles. The molecule has 0 saturated heterocycles. The van der Waals surface area contributed by atoms with Gasteiger partial charge in [-0.2, -0.15) is 5.26 Å². The molecule has 0 unspecified atom stereocenters. The number of fused-ring (bicyclic) bond motifs is 14. The highest BCUT2D eigenvalue weighted by atomic mass is 16.3. The molecule has 0 spiro atoms. The molecule has 258 valence electrons. The van der Waals surface area contributed by atoms with Gasteiger partial charge in [0.1, 0.15) is 22.3 Å². The van der Waals surface area contributed by atoms with Gasteiger partial charge in [0, 0.05) is 37.9 Å². The van der Waals surface area contributed by atoms with Crippen molar-refractivity contribution in [2.24, 2.45) is 0 Å². The quantitative estimate of drug-likeness (QED) is 0.171. The van der Waals surface area contributed by atoms with Crippen molar-refractivity contribution in [1.29, 1.82) is 5.26 Å². The molecular formula is C50H26N4O2. The minimum atomic E-state index is 0.360. The van der Waals surface area contributed by atoms with Gasteiger partial charge in [-0.3, -0.25) is 0 Å². The first-order valence-corrected chi connectivity index (χ1v) is 18.4. The second kappa shape index (κ2) is 11.2. The van der Waals surface area contributed by atoms with Gasteiger partial charge in [0.2, 0.25) is 5.69 Å². The Balaban J connectivity index is 1.33. The number of benzene rings is 8. The average Bonchev–Trinajstić information content (AvgIpc) is 4.00. The fourth-order valence-corrected chi connectivity index (χ4v) is 9.10. The summed E-state index contributed by atoms with van der Waals surface area (Å²) in [5, 5.41) is 19.0. The molecule has 0 radical (unpaired) electrons. The lowest BCUT2D eigenvalue weighted by Crippen LogP contribution is -2.07. The predicted molar refractivity (Wildman–Crippen MR) is 226 cm³/mol. The summed E-state index contributed by atoms with van der Waals surface area (Å²) in [6.07, 6.45) is 0. The molecule has 0 amide bonds. The summed E-state index contributed by atoms with van der Waals surface area (Å²) in [7, 11) is 0. The third kappa shape index (κ3) is 3.92. The number of hydrogen-bond acceptors (Lipinski definition) is 3. The second-order valence-corrected chi connectivity index (χ2v) is 14.2. The van der Waals surface area contributed by atoms with E-state index in [1.807, 2.05) is 84.9 Å². The van der Waals surface area contributed by atoms with Crippen molar-refractivity contribution in [3.05, 3.63) is 175 Å². The zero-order chi connectivity index (χ0) is 37.1. The Hall–Kier alpha value is -8.06. The van der Waals surface area contributed by atoms with Crippen LogP contribution in [-0.2, 0) is 0 Å². The van der Waals surface area contributed by atoms with E-state index in [0.29, 0.717) is 16.9 Å². The highest BCUT2D eigenvalue weighted by Gasteiger charge is 2.29. The molecule has 12 rings (SSSR count). The maximum Gasteiger partial charge on any atom is 0.214 e. The van der Waals surface area contributed by atoms with Gasteiger partial charge >= 0.3 is 0 Å². The monoisotopic (exact) mass is 714 g/mol. The van der Waals surface area contributed by atoms with Gasteiger partial charge in [0.05, 0.1) is 62.4 Å². The lowest BCUT2D eigenvalue weighted by atomic mass is 9.95. The summed E-state index contributed by atoms with van der Waals surface area (Å²) in [5.41, 5.74) is 10.7. The third-order valence-corrected chi connectivity index (χ3v) is 11.4. The second-order valence-electron chi connectivity index (χ2n) is 14.2. The molecule has 0 atom stereocenters. The topological polar surface area (TPSA) is 64.3 Å². The molecule has 6 nitrogen and oxygen atoms in total. The van der Waals surface area contributed by atoms with E-state index in [2.05, 4.69) is 86.8 Å². The maximum absolute atomic E-state index is 10.9. The SMILES string of the molecule is [C-]#[N+]c1cc(C#N)c(-c2ccccc2)c(-n2c3ccccc3c3c4oc5ccccc5c4ccc32)c1-n1c2ccccc2c2c3oc4ccccc4c3ccc21. The molecule has 12 aromatic rings. The molecule has 0 fully saturated rings. The van der Waals surface area contributed by atoms with Crippen molar-refractivity contribution < 1.29 is 8.83 Å². The van der Waals surface area contributed by atoms with E-state index in [1.165, 1.54) is 0 Å². The lowest BCUT2D eigenvalue weighted by Gasteiger charge is -2.23. The van der Waals surface area contributed by atoms with Gasteiger partial charge in [-0.25, -0.2) is 4.85 Å². The minimum Gasteiger partial charge on any atom is -0.455 e. The first-order chi connectivity index (χ1) is 27.7. The average molecular weight is 715 g/mol. The van der Waals surface area contributed by atoms with E-state index in [1.54, 1.807) is 6.07 Å². The van der Waals surface area contributed by atoms with Crippen LogP contribution in [0.4, 0.5) is 5.69 Å². The molecule has 0 aliphatic carbocycles. The van der Waals surface area contributed by atoms with E-state index >= 15 is 0 Å². The van der Waals surface area contributed by atoms with Crippen molar-refractivity contribution in [2.75, 3.05) is 0 Å².